The first kappa shape index (κ1) is 18.3. The highest BCUT2D eigenvalue weighted by Crippen LogP contribution is 2.23. The molecule has 3 aromatic rings. The van der Waals surface area contributed by atoms with Crippen molar-refractivity contribution in [2.45, 2.75) is 31.3 Å². The van der Waals surface area contributed by atoms with Crippen molar-refractivity contribution in [3.63, 3.8) is 0 Å². The number of aryl methyl sites for hydroxylation is 1. The normalized spacial score (nSPS) is 10.7. The number of nitrogens with zero attached hydrogens (tertiary/aromatic N) is 3. The molecule has 0 spiro atoms. The standard InChI is InChI=1S/C19H21FN4OS/c1-3-25-18-11-7-5-8-15(18)12-21-24-14(2)22-23-19(24)26-13-16-9-4-6-10-17(16)20/h4-11,21H,3,12-13H2,1-2H3. The quantitative estimate of drug-likeness (QED) is 0.602. The second-order valence-corrected chi connectivity index (χ2v) is 6.56. The van der Waals surface area contributed by atoms with Crippen LogP contribution in [-0.2, 0) is 12.3 Å². The predicted octanol–water partition coefficient (Wildman–Crippen LogP) is 4.16. The summed E-state index contributed by atoms with van der Waals surface area (Å²) >= 11 is 1.44. The summed E-state index contributed by atoms with van der Waals surface area (Å²) in [7, 11) is 0. The minimum atomic E-state index is -0.207. The molecule has 0 aliphatic heterocycles. The lowest BCUT2D eigenvalue weighted by Gasteiger charge is -2.14. The lowest BCUT2D eigenvalue weighted by atomic mass is 10.2. The number of nitrogens with one attached hydrogen (secondary N) is 1. The maximum absolute atomic E-state index is 13.8. The van der Waals surface area contributed by atoms with Gasteiger partial charge in [0.1, 0.15) is 17.4 Å². The first-order valence-corrected chi connectivity index (χ1v) is 9.40. The zero-order valence-corrected chi connectivity index (χ0v) is 15.6. The Balaban J connectivity index is 1.69. The molecule has 0 fully saturated rings. The van der Waals surface area contributed by atoms with Crippen molar-refractivity contribution >= 4 is 11.8 Å². The molecule has 0 aliphatic rings. The number of aromatic nitrogens is 3. The van der Waals surface area contributed by atoms with Gasteiger partial charge in [-0.05, 0) is 31.5 Å². The van der Waals surface area contributed by atoms with Gasteiger partial charge in [0.25, 0.3) is 0 Å². The molecule has 5 nitrogen and oxygen atoms in total. The van der Waals surface area contributed by atoms with E-state index >= 15 is 0 Å². The van der Waals surface area contributed by atoms with Crippen molar-refractivity contribution in [3.8, 4) is 5.75 Å². The van der Waals surface area contributed by atoms with Gasteiger partial charge < -0.3 is 10.2 Å². The highest BCUT2D eigenvalue weighted by molar-refractivity contribution is 7.98. The second kappa shape index (κ2) is 8.71. The Morgan fingerprint density at radius 2 is 1.81 bits per heavy atom. The van der Waals surface area contributed by atoms with Crippen LogP contribution in [0.15, 0.2) is 53.7 Å². The van der Waals surface area contributed by atoms with Crippen molar-refractivity contribution in [1.82, 2.24) is 14.9 Å². The lowest BCUT2D eigenvalue weighted by molar-refractivity contribution is 0.336. The Kier molecular flexibility index (Phi) is 6.12. The molecule has 0 radical (unpaired) electrons. The Labute approximate surface area is 156 Å². The summed E-state index contributed by atoms with van der Waals surface area (Å²) < 4.78 is 21.3. The van der Waals surface area contributed by atoms with Crippen molar-refractivity contribution in [2.75, 3.05) is 12.0 Å². The Bertz CT molecular complexity index is 868. The van der Waals surface area contributed by atoms with Crippen LogP contribution in [0.4, 0.5) is 4.39 Å². The first-order chi connectivity index (χ1) is 12.7. The minimum Gasteiger partial charge on any atom is -0.494 e. The summed E-state index contributed by atoms with van der Waals surface area (Å²) in [5.41, 5.74) is 5.02. The van der Waals surface area contributed by atoms with Crippen LogP contribution in [-0.4, -0.2) is 21.5 Å². The molecule has 1 N–H and O–H groups in total. The third-order valence-electron chi connectivity index (χ3n) is 3.81. The Morgan fingerprint density at radius 1 is 1.08 bits per heavy atom. The molecule has 1 heterocycles. The summed E-state index contributed by atoms with van der Waals surface area (Å²) in [5.74, 6) is 1.88. The highest BCUT2D eigenvalue weighted by Gasteiger charge is 2.12. The fourth-order valence-electron chi connectivity index (χ4n) is 2.49. The molecule has 0 saturated carbocycles. The third-order valence-corrected chi connectivity index (χ3v) is 4.79. The molecular formula is C19H21FN4OS. The van der Waals surface area contributed by atoms with Gasteiger partial charge in [-0.15, -0.1) is 10.2 Å². The van der Waals surface area contributed by atoms with Gasteiger partial charge >= 0.3 is 0 Å². The van der Waals surface area contributed by atoms with Crippen molar-refractivity contribution in [3.05, 3.63) is 71.3 Å². The average molecular weight is 372 g/mol. The van der Waals surface area contributed by atoms with Crippen molar-refractivity contribution in [1.29, 1.82) is 0 Å². The van der Waals surface area contributed by atoms with Crippen LogP contribution in [0.2, 0.25) is 0 Å². The largest absolute Gasteiger partial charge is 0.494 e. The van der Waals surface area contributed by atoms with E-state index in [9.17, 15) is 4.39 Å². The second-order valence-electron chi connectivity index (χ2n) is 5.62. The molecule has 1 aromatic heterocycles. The van der Waals surface area contributed by atoms with Crippen LogP contribution in [0.3, 0.4) is 0 Å². The molecular weight excluding hydrogens is 351 g/mol. The number of halogens is 1. The van der Waals surface area contributed by atoms with Crippen LogP contribution in [0, 0.1) is 12.7 Å². The molecule has 3 rings (SSSR count). The smallest absolute Gasteiger partial charge is 0.210 e. The molecule has 26 heavy (non-hydrogen) atoms. The zero-order valence-electron chi connectivity index (χ0n) is 14.8. The van der Waals surface area contributed by atoms with Crippen LogP contribution in [0.5, 0.6) is 5.75 Å². The summed E-state index contributed by atoms with van der Waals surface area (Å²) in [4.78, 5) is 0. The van der Waals surface area contributed by atoms with Gasteiger partial charge in [-0.1, -0.05) is 48.2 Å². The predicted molar refractivity (Wildman–Crippen MR) is 101 cm³/mol. The highest BCUT2D eigenvalue weighted by atomic mass is 32.2. The number of rotatable bonds is 8. The van der Waals surface area contributed by atoms with E-state index in [0.29, 0.717) is 29.6 Å². The van der Waals surface area contributed by atoms with E-state index in [2.05, 4.69) is 15.6 Å². The van der Waals surface area contributed by atoms with Crippen LogP contribution >= 0.6 is 11.8 Å². The number of thioether (sulfide) groups is 1. The molecule has 0 aliphatic carbocycles. The van der Waals surface area contributed by atoms with E-state index in [1.54, 1.807) is 12.1 Å². The van der Waals surface area contributed by atoms with E-state index < -0.39 is 0 Å². The minimum absolute atomic E-state index is 0.207. The van der Waals surface area contributed by atoms with Gasteiger partial charge in [-0.2, -0.15) is 0 Å². The molecule has 7 heteroatoms. The van der Waals surface area contributed by atoms with Gasteiger partial charge in [-0.3, -0.25) is 0 Å². The van der Waals surface area contributed by atoms with Gasteiger partial charge in [0, 0.05) is 11.3 Å². The molecule has 0 unspecified atom stereocenters. The molecule has 0 amide bonds. The first-order valence-electron chi connectivity index (χ1n) is 8.42. The number of para-hydroxylation sites is 1. The van der Waals surface area contributed by atoms with E-state index in [0.717, 1.165) is 17.1 Å². The Morgan fingerprint density at radius 3 is 2.58 bits per heavy atom. The molecule has 0 bridgehead atoms. The van der Waals surface area contributed by atoms with E-state index in [4.69, 9.17) is 4.74 Å². The summed E-state index contributed by atoms with van der Waals surface area (Å²) in [6.07, 6.45) is 0. The molecule has 0 atom stereocenters. The maximum atomic E-state index is 13.8. The monoisotopic (exact) mass is 372 g/mol. The number of hydrogen-bond donors (Lipinski definition) is 1. The van der Waals surface area contributed by atoms with Crippen LogP contribution < -0.4 is 10.2 Å². The lowest BCUT2D eigenvalue weighted by Crippen LogP contribution is -2.17. The number of hydrogen-bond acceptors (Lipinski definition) is 5. The van der Waals surface area contributed by atoms with E-state index in [-0.39, 0.29) is 5.82 Å². The van der Waals surface area contributed by atoms with E-state index in [1.807, 2.05) is 48.9 Å². The van der Waals surface area contributed by atoms with Crippen LogP contribution in [0.1, 0.15) is 23.9 Å². The molecule has 0 saturated heterocycles. The zero-order chi connectivity index (χ0) is 18.4. The molecule has 136 valence electrons. The average Bonchev–Trinajstić information content (AvgIpc) is 3.00. The Hall–Kier alpha value is -2.54. The fourth-order valence-corrected chi connectivity index (χ4v) is 3.43. The number of benzene rings is 2. The van der Waals surface area contributed by atoms with Gasteiger partial charge in [-0.25, -0.2) is 9.07 Å². The topological polar surface area (TPSA) is 52.0 Å². The van der Waals surface area contributed by atoms with Gasteiger partial charge in [0.05, 0.1) is 13.2 Å². The SMILES string of the molecule is CCOc1ccccc1CNn1c(C)nnc1SCc1ccccc1F. The summed E-state index contributed by atoms with van der Waals surface area (Å²) in [6, 6.07) is 14.7. The van der Waals surface area contributed by atoms with Crippen LogP contribution in [0.25, 0.3) is 0 Å². The van der Waals surface area contributed by atoms with Gasteiger partial charge in [0.15, 0.2) is 0 Å². The number of ether oxygens (including phenoxy) is 1. The van der Waals surface area contributed by atoms with Crippen molar-refractivity contribution in [2.24, 2.45) is 0 Å². The maximum Gasteiger partial charge on any atom is 0.210 e. The van der Waals surface area contributed by atoms with E-state index in [1.165, 1.54) is 17.8 Å². The fraction of sp³-hybridized carbons (Fsp3) is 0.263. The summed E-state index contributed by atoms with van der Waals surface area (Å²) in [5, 5.41) is 9.01. The summed E-state index contributed by atoms with van der Waals surface area (Å²) in [6.45, 7) is 5.03. The third kappa shape index (κ3) is 4.35. The van der Waals surface area contributed by atoms with Gasteiger partial charge in [0.2, 0.25) is 5.16 Å². The van der Waals surface area contributed by atoms with Crippen molar-refractivity contribution < 1.29 is 9.13 Å². The molecule has 2 aromatic carbocycles.